The Balaban J connectivity index is 2.48. The number of hydrogen-bond acceptors (Lipinski definition) is 2. The van der Waals surface area contributed by atoms with E-state index in [4.69, 9.17) is 0 Å². The van der Waals surface area contributed by atoms with E-state index in [1.807, 2.05) is 0 Å². The maximum atomic E-state index is 12.4. The van der Waals surface area contributed by atoms with Gasteiger partial charge in [0.05, 0.1) is 0 Å². The zero-order valence-electron chi connectivity index (χ0n) is 7.42. The Morgan fingerprint density at radius 1 is 1.62 bits per heavy atom. The molecule has 1 unspecified atom stereocenters. The molecule has 1 atom stereocenters. The van der Waals surface area contributed by atoms with Crippen LogP contribution < -0.4 is 4.72 Å². The molecule has 1 aliphatic carbocycles. The highest BCUT2D eigenvalue weighted by molar-refractivity contribution is 7.87. The molecule has 0 amide bonds. The van der Waals surface area contributed by atoms with Crippen molar-refractivity contribution in [3.05, 3.63) is 0 Å². The first-order valence-corrected chi connectivity index (χ1v) is 5.26. The van der Waals surface area contributed by atoms with E-state index in [2.05, 4.69) is 4.72 Å². The van der Waals surface area contributed by atoms with E-state index < -0.39 is 22.0 Å². The SMILES string of the molecule is CNS(=O)(=O)N(C)CC1CC1(F)F. The summed E-state index contributed by atoms with van der Waals surface area (Å²) in [6, 6.07) is 0. The number of hydrogen-bond donors (Lipinski definition) is 1. The largest absolute Gasteiger partial charge is 0.278 e. The van der Waals surface area contributed by atoms with E-state index >= 15 is 0 Å². The molecule has 1 saturated carbocycles. The maximum absolute atomic E-state index is 12.4. The molecule has 0 aromatic carbocycles. The van der Waals surface area contributed by atoms with Crippen LogP contribution in [0, 0.1) is 5.92 Å². The second kappa shape index (κ2) is 3.14. The van der Waals surface area contributed by atoms with Gasteiger partial charge < -0.3 is 0 Å². The first kappa shape index (κ1) is 10.8. The second-order valence-electron chi connectivity index (χ2n) is 3.15. The van der Waals surface area contributed by atoms with Crippen LogP contribution in [0.15, 0.2) is 0 Å². The average Bonchev–Trinajstić information content (AvgIpc) is 2.58. The Labute approximate surface area is 76.1 Å². The van der Waals surface area contributed by atoms with E-state index in [1.165, 1.54) is 14.1 Å². The van der Waals surface area contributed by atoms with Crippen LogP contribution in [-0.2, 0) is 10.2 Å². The quantitative estimate of drug-likeness (QED) is 0.718. The average molecular weight is 214 g/mol. The molecule has 0 saturated heterocycles. The third-order valence-corrected chi connectivity index (χ3v) is 3.59. The Kier molecular flexibility index (Phi) is 2.61. The summed E-state index contributed by atoms with van der Waals surface area (Å²) in [6.45, 7) is -0.129. The maximum Gasteiger partial charge on any atom is 0.278 e. The van der Waals surface area contributed by atoms with Gasteiger partial charge in [0.25, 0.3) is 16.1 Å². The van der Waals surface area contributed by atoms with Crippen molar-refractivity contribution in [2.75, 3.05) is 20.6 Å². The van der Waals surface area contributed by atoms with Crippen LogP contribution in [0.1, 0.15) is 6.42 Å². The number of halogens is 2. The second-order valence-corrected chi connectivity index (χ2v) is 5.13. The fourth-order valence-electron chi connectivity index (χ4n) is 1.03. The molecule has 0 aliphatic heterocycles. The van der Waals surface area contributed by atoms with Gasteiger partial charge in [-0.25, -0.2) is 13.5 Å². The van der Waals surface area contributed by atoms with Gasteiger partial charge in [-0.3, -0.25) is 0 Å². The van der Waals surface area contributed by atoms with Crippen molar-refractivity contribution in [2.45, 2.75) is 12.3 Å². The van der Waals surface area contributed by atoms with Gasteiger partial charge in [-0.2, -0.15) is 12.7 Å². The number of nitrogens with one attached hydrogen (secondary N) is 1. The van der Waals surface area contributed by atoms with Crippen molar-refractivity contribution in [2.24, 2.45) is 5.92 Å². The molecule has 0 radical (unpaired) electrons. The molecular weight excluding hydrogens is 202 g/mol. The van der Waals surface area contributed by atoms with E-state index in [0.29, 0.717) is 0 Å². The van der Waals surface area contributed by atoms with Gasteiger partial charge in [0.2, 0.25) is 0 Å². The lowest BCUT2D eigenvalue weighted by Crippen LogP contribution is -2.37. The van der Waals surface area contributed by atoms with Crippen LogP contribution in [0.2, 0.25) is 0 Å². The summed E-state index contributed by atoms with van der Waals surface area (Å²) in [5, 5.41) is 0. The van der Waals surface area contributed by atoms with E-state index in [-0.39, 0.29) is 13.0 Å². The molecule has 7 heteroatoms. The van der Waals surface area contributed by atoms with Crippen molar-refractivity contribution in [3.63, 3.8) is 0 Å². The van der Waals surface area contributed by atoms with Crippen LogP contribution >= 0.6 is 0 Å². The Bertz CT molecular complexity index is 291. The van der Waals surface area contributed by atoms with E-state index in [0.717, 1.165) is 4.31 Å². The molecule has 0 aromatic rings. The van der Waals surface area contributed by atoms with Crippen molar-refractivity contribution < 1.29 is 17.2 Å². The van der Waals surface area contributed by atoms with Crippen LogP contribution in [0.25, 0.3) is 0 Å². The monoisotopic (exact) mass is 214 g/mol. The molecule has 1 aliphatic rings. The van der Waals surface area contributed by atoms with Gasteiger partial charge in [-0.15, -0.1) is 0 Å². The highest BCUT2D eigenvalue weighted by Crippen LogP contribution is 2.48. The summed E-state index contributed by atoms with van der Waals surface area (Å²) in [4.78, 5) is 0. The van der Waals surface area contributed by atoms with Crippen LogP contribution in [0.5, 0.6) is 0 Å². The van der Waals surface area contributed by atoms with Crippen LogP contribution in [0.3, 0.4) is 0 Å². The Morgan fingerprint density at radius 2 is 2.08 bits per heavy atom. The standard InChI is InChI=1S/C6H12F2N2O2S/c1-9-13(11,12)10(2)4-5-3-6(5,7)8/h5,9H,3-4H2,1-2H3. The van der Waals surface area contributed by atoms with Crippen molar-refractivity contribution in [1.29, 1.82) is 0 Å². The highest BCUT2D eigenvalue weighted by atomic mass is 32.2. The van der Waals surface area contributed by atoms with Crippen molar-refractivity contribution >= 4 is 10.2 Å². The molecule has 4 nitrogen and oxygen atoms in total. The predicted molar refractivity (Wildman–Crippen MR) is 43.7 cm³/mol. The minimum atomic E-state index is -3.55. The molecule has 0 bridgehead atoms. The number of rotatable bonds is 4. The molecule has 0 aromatic heterocycles. The summed E-state index contributed by atoms with van der Waals surface area (Å²) < 4.78 is 49.9. The fourth-order valence-corrected chi connectivity index (χ4v) is 1.72. The third kappa shape index (κ3) is 2.35. The van der Waals surface area contributed by atoms with Crippen molar-refractivity contribution in [3.8, 4) is 0 Å². The molecule has 78 valence electrons. The zero-order chi connectivity index (χ0) is 10.3. The lowest BCUT2D eigenvalue weighted by atomic mass is 10.4. The van der Waals surface area contributed by atoms with E-state index in [1.54, 1.807) is 0 Å². The van der Waals surface area contributed by atoms with Crippen LogP contribution in [-0.4, -0.2) is 39.3 Å². The molecule has 1 rings (SSSR count). The minimum absolute atomic E-state index is 0.129. The number of nitrogens with zero attached hydrogens (tertiary/aromatic N) is 1. The topological polar surface area (TPSA) is 49.4 Å². The number of alkyl halides is 2. The van der Waals surface area contributed by atoms with E-state index in [9.17, 15) is 17.2 Å². The normalized spacial score (nSPS) is 26.4. The first-order valence-electron chi connectivity index (χ1n) is 3.82. The highest BCUT2D eigenvalue weighted by Gasteiger charge is 2.57. The van der Waals surface area contributed by atoms with Gasteiger partial charge >= 0.3 is 0 Å². The van der Waals surface area contributed by atoms with Crippen LogP contribution in [0.4, 0.5) is 8.78 Å². The molecule has 1 fully saturated rings. The van der Waals surface area contributed by atoms with Gasteiger partial charge in [0.15, 0.2) is 0 Å². The van der Waals surface area contributed by atoms with Gasteiger partial charge in [-0.1, -0.05) is 0 Å². The summed E-state index contributed by atoms with van der Waals surface area (Å²) in [6.07, 6.45) is -0.212. The predicted octanol–water partition coefficient (Wildman–Crippen LogP) is 0.0376. The molecule has 13 heavy (non-hydrogen) atoms. The molecule has 1 N–H and O–H groups in total. The zero-order valence-corrected chi connectivity index (χ0v) is 8.24. The first-order chi connectivity index (χ1) is 5.79. The lowest BCUT2D eigenvalue weighted by Gasteiger charge is -2.15. The van der Waals surface area contributed by atoms with Crippen molar-refractivity contribution in [1.82, 2.24) is 9.03 Å². The Morgan fingerprint density at radius 3 is 2.38 bits per heavy atom. The van der Waals surface area contributed by atoms with Gasteiger partial charge in [0, 0.05) is 33.0 Å². The van der Waals surface area contributed by atoms with Gasteiger partial charge in [0.1, 0.15) is 0 Å². The summed E-state index contributed by atoms with van der Waals surface area (Å²) in [5.41, 5.74) is 0. The molecular formula is C6H12F2N2O2S. The Hall–Kier alpha value is -0.270. The molecule has 0 heterocycles. The third-order valence-electron chi connectivity index (χ3n) is 2.10. The summed E-state index contributed by atoms with van der Waals surface area (Å²) in [5.74, 6) is -3.49. The minimum Gasteiger partial charge on any atom is -0.207 e. The lowest BCUT2D eigenvalue weighted by molar-refractivity contribution is 0.0954. The fraction of sp³-hybridized carbons (Fsp3) is 1.00. The smallest absolute Gasteiger partial charge is 0.207 e. The summed E-state index contributed by atoms with van der Waals surface area (Å²) >= 11 is 0. The molecule has 0 spiro atoms. The van der Waals surface area contributed by atoms with Gasteiger partial charge in [-0.05, 0) is 0 Å². The summed E-state index contributed by atoms with van der Waals surface area (Å²) in [7, 11) is -1.03.